The first-order chi connectivity index (χ1) is 12.1. The minimum absolute atomic E-state index is 0.0389. The zero-order valence-electron chi connectivity index (χ0n) is 13.4. The monoisotopic (exact) mass is 338 g/mol. The van der Waals surface area contributed by atoms with E-state index in [-0.39, 0.29) is 18.1 Å². The fourth-order valence-corrected chi connectivity index (χ4v) is 2.47. The Kier molecular flexibility index (Phi) is 5.06. The van der Waals surface area contributed by atoms with E-state index in [4.69, 9.17) is 10.2 Å². The second-order valence-corrected chi connectivity index (χ2v) is 5.49. The molecule has 7 heteroatoms. The van der Waals surface area contributed by atoms with Crippen LogP contribution >= 0.6 is 0 Å². The number of furan rings is 1. The van der Waals surface area contributed by atoms with Crippen LogP contribution in [0.25, 0.3) is 0 Å². The number of benzene rings is 1. The van der Waals surface area contributed by atoms with Gasteiger partial charge in [0.05, 0.1) is 12.8 Å². The molecule has 25 heavy (non-hydrogen) atoms. The molecule has 128 valence electrons. The molecule has 3 N–H and O–H groups in total. The van der Waals surface area contributed by atoms with E-state index in [1.165, 1.54) is 23.6 Å². The number of amides is 1. The summed E-state index contributed by atoms with van der Waals surface area (Å²) < 4.78 is 5.21. The van der Waals surface area contributed by atoms with Crippen LogP contribution < -0.4 is 5.73 Å². The highest BCUT2D eigenvalue weighted by Gasteiger charge is 2.24. The summed E-state index contributed by atoms with van der Waals surface area (Å²) in [6.45, 7) is 0.338. The summed E-state index contributed by atoms with van der Waals surface area (Å²) in [5.41, 5.74) is 6.76. The number of hydrogen-bond acceptors (Lipinski definition) is 6. The second-order valence-electron chi connectivity index (χ2n) is 5.49. The maximum Gasteiger partial charge on any atom is 0.276 e. The maximum absolute atomic E-state index is 12.9. The normalized spacial score (nSPS) is 11.9. The summed E-state index contributed by atoms with van der Waals surface area (Å²) >= 11 is 0. The van der Waals surface area contributed by atoms with Gasteiger partial charge < -0.3 is 20.2 Å². The minimum Gasteiger partial charge on any atom is -0.467 e. The molecule has 2 aromatic heterocycles. The molecule has 1 aromatic carbocycles. The standard InChI is InChI=1S/C18H18N4O3/c19-17-16(20-8-9-21-17)18(24)22(11-13-5-2-1-3-6-13)12-14(23)15-7-4-10-25-15/h1-10,14,23H,11-12H2,(H2,19,21)/t14-/m0/s1. The summed E-state index contributed by atoms with van der Waals surface area (Å²) in [6, 6.07) is 12.8. The van der Waals surface area contributed by atoms with Crippen LogP contribution in [0.2, 0.25) is 0 Å². The van der Waals surface area contributed by atoms with Crippen molar-refractivity contribution in [1.82, 2.24) is 14.9 Å². The van der Waals surface area contributed by atoms with E-state index in [0.29, 0.717) is 12.3 Å². The highest BCUT2D eigenvalue weighted by molar-refractivity contribution is 5.96. The van der Waals surface area contributed by atoms with Gasteiger partial charge in [0.25, 0.3) is 5.91 Å². The first-order valence-electron chi connectivity index (χ1n) is 7.76. The average molecular weight is 338 g/mol. The van der Waals surface area contributed by atoms with Crippen LogP contribution in [0, 0.1) is 0 Å². The number of nitrogen functional groups attached to an aromatic ring is 1. The lowest BCUT2D eigenvalue weighted by Crippen LogP contribution is -2.35. The van der Waals surface area contributed by atoms with Crippen LogP contribution in [-0.2, 0) is 6.54 Å². The molecule has 0 fully saturated rings. The van der Waals surface area contributed by atoms with E-state index in [1.54, 1.807) is 12.1 Å². The number of nitrogens with two attached hydrogens (primary N) is 1. The summed E-state index contributed by atoms with van der Waals surface area (Å²) in [4.78, 5) is 22.3. The topological polar surface area (TPSA) is 105 Å². The van der Waals surface area contributed by atoms with Gasteiger partial charge in [-0.1, -0.05) is 30.3 Å². The van der Waals surface area contributed by atoms with E-state index < -0.39 is 12.0 Å². The summed E-state index contributed by atoms with van der Waals surface area (Å²) in [5.74, 6) is 0.0380. The Bertz CT molecular complexity index is 821. The lowest BCUT2D eigenvalue weighted by Gasteiger charge is -2.24. The van der Waals surface area contributed by atoms with Crippen LogP contribution in [0.3, 0.4) is 0 Å². The molecule has 0 saturated carbocycles. The third-order valence-corrected chi connectivity index (χ3v) is 3.70. The van der Waals surface area contributed by atoms with Gasteiger partial charge in [0, 0.05) is 18.9 Å². The molecule has 0 spiro atoms. The number of aliphatic hydroxyl groups excluding tert-OH is 1. The van der Waals surface area contributed by atoms with Crippen molar-refractivity contribution in [2.45, 2.75) is 12.6 Å². The van der Waals surface area contributed by atoms with Gasteiger partial charge in [0.1, 0.15) is 11.9 Å². The van der Waals surface area contributed by atoms with Gasteiger partial charge in [-0.05, 0) is 17.7 Å². The average Bonchev–Trinajstić information content (AvgIpc) is 3.17. The molecule has 0 saturated heterocycles. The number of rotatable bonds is 6. The number of nitrogens with zero attached hydrogens (tertiary/aromatic N) is 3. The molecule has 0 radical (unpaired) electrons. The molecule has 3 rings (SSSR count). The number of carbonyl (C=O) groups is 1. The zero-order valence-corrected chi connectivity index (χ0v) is 13.4. The molecular formula is C18H18N4O3. The third-order valence-electron chi connectivity index (χ3n) is 3.70. The number of anilines is 1. The Balaban J connectivity index is 1.85. The van der Waals surface area contributed by atoms with Gasteiger partial charge in [-0.15, -0.1) is 0 Å². The predicted molar refractivity (Wildman–Crippen MR) is 91.3 cm³/mol. The first kappa shape index (κ1) is 16.7. The maximum atomic E-state index is 12.9. The Morgan fingerprint density at radius 1 is 1.16 bits per heavy atom. The van der Waals surface area contributed by atoms with Crippen molar-refractivity contribution in [2.75, 3.05) is 12.3 Å². The van der Waals surface area contributed by atoms with Crippen molar-refractivity contribution in [2.24, 2.45) is 0 Å². The van der Waals surface area contributed by atoms with Crippen molar-refractivity contribution >= 4 is 11.7 Å². The fraction of sp³-hybridized carbons (Fsp3) is 0.167. The highest BCUT2D eigenvalue weighted by atomic mass is 16.4. The molecule has 2 heterocycles. The van der Waals surface area contributed by atoms with Gasteiger partial charge in [0.2, 0.25) is 0 Å². The largest absolute Gasteiger partial charge is 0.467 e. The summed E-state index contributed by atoms with van der Waals surface area (Å²) in [5, 5.41) is 10.4. The van der Waals surface area contributed by atoms with Gasteiger partial charge in [-0.2, -0.15) is 0 Å². The van der Waals surface area contributed by atoms with E-state index in [1.807, 2.05) is 30.3 Å². The highest BCUT2D eigenvalue weighted by Crippen LogP contribution is 2.19. The Morgan fingerprint density at radius 3 is 2.60 bits per heavy atom. The van der Waals surface area contributed by atoms with Crippen molar-refractivity contribution in [1.29, 1.82) is 0 Å². The van der Waals surface area contributed by atoms with Crippen LogP contribution in [0.5, 0.6) is 0 Å². The van der Waals surface area contributed by atoms with Crippen LogP contribution in [-0.4, -0.2) is 32.4 Å². The number of hydrogen-bond donors (Lipinski definition) is 2. The van der Waals surface area contributed by atoms with Crippen molar-refractivity contribution in [3.63, 3.8) is 0 Å². The van der Waals surface area contributed by atoms with E-state index >= 15 is 0 Å². The van der Waals surface area contributed by atoms with Crippen molar-refractivity contribution in [3.8, 4) is 0 Å². The molecule has 0 aliphatic carbocycles. The smallest absolute Gasteiger partial charge is 0.276 e. The quantitative estimate of drug-likeness (QED) is 0.712. The van der Waals surface area contributed by atoms with Gasteiger partial charge in [-0.25, -0.2) is 9.97 Å². The van der Waals surface area contributed by atoms with Gasteiger partial charge >= 0.3 is 0 Å². The Hall–Kier alpha value is -3.19. The van der Waals surface area contributed by atoms with Crippen LogP contribution in [0.1, 0.15) is 27.9 Å². The fourth-order valence-electron chi connectivity index (χ4n) is 2.47. The first-order valence-corrected chi connectivity index (χ1v) is 7.76. The lowest BCUT2D eigenvalue weighted by atomic mass is 10.1. The molecule has 0 aliphatic rings. The number of carbonyl (C=O) groups excluding carboxylic acids is 1. The van der Waals surface area contributed by atoms with Crippen molar-refractivity contribution < 1.29 is 14.3 Å². The molecule has 0 bridgehead atoms. The Labute approximate surface area is 144 Å². The third kappa shape index (κ3) is 4.02. The molecule has 1 atom stereocenters. The minimum atomic E-state index is -0.958. The number of aliphatic hydroxyl groups is 1. The number of aromatic nitrogens is 2. The predicted octanol–water partition coefficient (Wildman–Crippen LogP) is 2.03. The Morgan fingerprint density at radius 2 is 1.92 bits per heavy atom. The van der Waals surface area contributed by atoms with Gasteiger partial charge in [-0.3, -0.25) is 4.79 Å². The second kappa shape index (κ2) is 7.59. The zero-order chi connectivity index (χ0) is 17.6. The van der Waals surface area contributed by atoms with E-state index in [2.05, 4.69) is 9.97 Å². The van der Waals surface area contributed by atoms with Gasteiger partial charge in [0.15, 0.2) is 11.5 Å². The van der Waals surface area contributed by atoms with E-state index in [0.717, 1.165) is 5.56 Å². The van der Waals surface area contributed by atoms with Crippen LogP contribution in [0.15, 0.2) is 65.5 Å². The summed E-state index contributed by atoms with van der Waals surface area (Å²) in [6.07, 6.45) is 3.35. The van der Waals surface area contributed by atoms with Crippen LogP contribution in [0.4, 0.5) is 5.82 Å². The molecular weight excluding hydrogens is 320 g/mol. The van der Waals surface area contributed by atoms with E-state index in [9.17, 15) is 9.90 Å². The van der Waals surface area contributed by atoms with Crippen molar-refractivity contribution in [3.05, 3.63) is 78.1 Å². The SMILES string of the molecule is Nc1nccnc1C(=O)N(Cc1ccccc1)C[C@H](O)c1ccco1. The molecule has 1 amide bonds. The summed E-state index contributed by atoms with van der Waals surface area (Å²) in [7, 11) is 0. The molecule has 3 aromatic rings. The molecule has 7 nitrogen and oxygen atoms in total. The molecule has 0 aliphatic heterocycles. The molecule has 0 unspecified atom stereocenters. The lowest BCUT2D eigenvalue weighted by molar-refractivity contribution is 0.0558.